The number of hydrogen-bond donors (Lipinski definition) is 1. The van der Waals surface area contributed by atoms with E-state index in [4.69, 9.17) is 0 Å². The number of hydrogen-bond acceptors (Lipinski definition) is 4. The van der Waals surface area contributed by atoms with Crippen molar-refractivity contribution in [1.82, 2.24) is 10.2 Å². The standard InChI is InChI=1S/C25H25N3O3S/c1-27(2)15-14-26-24(29)19-12-13-23-21(16-19)28(17-18-8-4-3-5-9-18)25(30)20-10-6-7-11-22(20)32(23)31/h3-13,16H,14-15,17H2,1-2H3,(H,26,29)/t32-/m0/s1. The molecule has 3 aromatic rings. The molecule has 0 bridgehead atoms. The molecule has 0 aliphatic carbocycles. The second-order valence-electron chi connectivity index (χ2n) is 7.88. The fourth-order valence-electron chi connectivity index (χ4n) is 3.62. The zero-order valence-electron chi connectivity index (χ0n) is 18.1. The first kappa shape index (κ1) is 21.9. The number of nitrogens with one attached hydrogen (secondary N) is 1. The van der Waals surface area contributed by atoms with Crippen LogP contribution in [0.3, 0.4) is 0 Å². The van der Waals surface area contributed by atoms with Gasteiger partial charge in [-0.1, -0.05) is 42.5 Å². The van der Waals surface area contributed by atoms with E-state index in [2.05, 4.69) is 5.32 Å². The molecule has 164 valence electrons. The van der Waals surface area contributed by atoms with Crippen LogP contribution in [0.1, 0.15) is 26.3 Å². The van der Waals surface area contributed by atoms with Crippen LogP contribution in [0.5, 0.6) is 0 Å². The number of rotatable bonds is 6. The maximum Gasteiger partial charge on any atom is 0.259 e. The van der Waals surface area contributed by atoms with Gasteiger partial charge in [0, 0.05) is 18.7 Å². The molecule has 1 aliphatic heterocycles. The van der Waals surface area contributed by atoms with Crippen LogP contribution in [0.15, 0.2) is 82.6 Å². The Hall–Kier alpha value is -3.29. The largest absolute Gasteiger partial charge is 0.351 e. The molecule has 32 heavy (non-hydrogen) atoms. The number of amides is 2. The van der Waals surface area contributed by atoms with Crippen molar-refractivity contribution in [2.24, 2.45) is 0 Å². The number of anilines is 1. The van der Waals surface area contributed by atoms with Crippen molar-refractivity contribution in [1.29, 1.82) is 0 Å². The van der Waals surface area contributed by atoms with E-state index >= 15 is 0 Å². The number of carbonyl (C=O) groups is 2. The lowest BCUT2D eigenvalue weighted by molar-refractivity contribution is 0.0947. The average Bonchev–Trinajstić information content (AvgIpc) is 2.89. The van der Waals surface area contributed by atoms with E-state index in [1.54, 1.807) is 47.4 Å². The lowest BCUT2D eigenvalue weighted by Crippen LogP contribution is -2.32. The van der Waals surface area contributed by atoms with Crippen molar-refractivity contribution in [3.8, 4) is 0 Å². The highest BCUT2D eigenvalue weighted by Crippen LogP contribution is 2.36. The molecular weight excluding hydrogens is 422 g/mol. The minimum atomic E-state index is -1.54. The molecule has 0 radical (unpaired) electrons. The Morgan fingerprint density at radius 3 is 2.44 bits per heavy atom. The number of fused-ring (bicyclic) bond motifs is 2. The van der Waals surface area contributed by atoms with E-state index in [0.717, 1.165) is 5.56 Å². The quantitative estimate of drug-likeness (QED) is 0.630. The van der Waals surface area contributed by atoms with E-state index in [0.29, 0.717) is 46.2 Å². The average molecular weight is 448 g/mol. The topological polar surface area (TPSA) is 69.7 Å². The number of likely N-dealkylation sites (N-methyl/N-ethyl adjacent to an activating group) is 1. The van der Waals surface area contributed by atoms with Gasteiger partial charge in [0.25, 0.3) is 11.8 Å². The lowest BCUT2D eigenvalue weighted by atomic mass is 10.1. The summed E-state index contributed by atoms with van der Waals surface area (Å²) in [6.07, 6.45) is 0. The fraction of sp³-hybridized carbons (Fsp3) is 0.200. The summed E-state index contributed by atoms with van der Waals surface area (Å²) in [6, 6.07) is 21.6. The van der Waals surface area contributed by atoms with Crippen molar-refractivity contribution in [3.05, 3.63) is 89.5 Å². The van der Waals surface area contributed by atoms with Crippen molar-refractivity contribution in [2.75, 3.05) is 32.1 Å². The van der Waals surface area contributed by atoms with Crippen LogP contribution in [0.4, 0.5) is 5.69 Å². The summed E-state index contributed by atoms with van der Waals surface area (Å²) < 4.78 is 13.4. The second-order valence-corrected chi connectivity index (χ2v) is 9.30. The molecule has 1 aliphatic rings. The van der Waals surface area contributed by atoms with Gasteiger partial charge >= 0.3 is 0 Å². The summed E-state index contributed by atoms with van der Waals surface area (Å²) in [7, 11) is 2.34. The maximum atomic E-state index is 13.6. The molecule has 0 fully saturated rings. The first-order valence-electron chi connectivity index (χ1n) is 10.4. The van der Waals surface area contributed by atoms with E-state index < -0.39 is 10.8 Å². The zero-order chi connectivity index (χ0) is 22.7. The summed E-state index contributed by atoms with van der Waals surface area (Å²) >= 11 is 0. The van der Waals surface area contributed by atoms with Gasteiger partial charge in [-0.15, -0.1) is 0 Å². The number of benzene rings is 3. The molecule has 0 aromatic heterocycles. The third-order valence-electron chi connectivity index (χ3n) is 5.30. The SMILES string of the molecule is CN(C)CCNC(=O)c1ccc2c(c1)N(Cc1ccccc1)C(=O)c1ccccc1[S@@]2=O. The summed E-state index contributed by atoms with van der Waals surface area (Å²) in [4.78, 5) is 30.9. The van der Waals surface area contributed by atoms with Gasteiger partial charge in [0.1, 0.15) is 0 Å². The van der Waals surface area contributed by atoms with E-state index in [-0.39, 0.29) is 11.8 Å². The molecule has 1 atom stereocenters. The smallest absolute Gasteiger partial charge is 0.259 e. The Bertz CT molecular complexity index is 1180. The van der Waals surface area contributed by atoms with E-state index in [1.807, 2.05) is 49.3 Å². The zero-order valence-corrected chi connectivity index (χ0v) is 18.9. The van der Waals surface area contributed by atoms with Gasteiger partial charge in [-0.2, -0.15) is 0 Å². The second kappa shape index (κ2) is 9.46. The highest BCUT2D eigenvalue weighted by Gasteiger charge is 2.31. The summed E-state index contributed by atoms with van der Waals surface area (Å²) in [5.41, 5.74) is 2.28. The van der Waals surface area contributed by atoms with Gasteiger partial charge < -0.3 is 15.1 Å². The molecule has 0 saturated carbocycles. The highest BCUT2D eigenvalue weighted by molar-refractivity contribution is 7.85. The fourth-order valence-corrected chi connectivity index (χ4v) is 4.97. The van der Waals surface area contributed by atoms with Crippen LogP contribution in [0, 0.1) is 0 Å². The maximum absolute atomic E-state index is 13.6. The Labute approximate surface area is 190 Å². The molecular formula is C25H25N3O3S. The van der Waals surface area contributed by atoms with Crippen LogP contribution in [-0.4, -0.2) is 48.1 Å². The third-order valence-corrected chi connectivity index (χ3v) is 6.80. The van der Waals surface area contributed by atoms with Crippen molar-refractivity contribution >= 4 is 28.3 Å². The summed E-state index contributed by atoms with van der Waals surface area (Å²) in [5, 5.41) is 2.90. The first-order chi connectivity index (χ1) is 15.5. The molecule has 0 spiro atoms. The molecule has 7 heteroatoms. The van der Waals surface area contributed by atoms with Crippen molar-refractivity contribution in [2.45, 2.75) is 16.3 Å². The van der Waals surface area contributed by atoms with Crippen LogP contribution in [0.25, 0.3) is 0 Å². The molecule has 6 nitrogen and oxygen atoms in total. The molecule has 2 amide bonds. The van der Waals surface area contributed by atoms with Gasteiger partial charge in [-0.25, -0.2) is 4.21 Å². The molecule has 1 N–H and O–H groups in total. The molecule has 0 unspecified atom stereocenters. The normalized spacial score (nSPS) is 15.2. The van der Waals surface area contributed by atoms with Crippen molar-refractivity contribution in [3.63, 3.8) is 0 Å². The van der Waals surface area contributed by atoms with E-state index in [1.165, 1.54) is 0 Å². The Morgan fingerprint density at radius 2 is 1.69 bits per heavy atom. The molecule has 4 rings (SSSR count). The lowest BCUT2D eigenvalue weighted by Gasteiger charge is -2.23. The molecule has 3 aromatic carbocycles. The predicted molar refractivity (Wildman–Crippen MR) is 125 cm³/mol. The molecule has 1 heterocycles. The van der Waals surface area contributed by atoms with Crippen LogP contribution in [-0.2, 0) is 17.3 Å². The Kier molecular flexibility index (Phi) is 6.48. The van der Waals surface area contributed by atoms with Crippen LogP contribution in [0.2, 0.25) is 0 Å². The first-order valence-corrected chi connectivity index (χ1v) is 11.5. The third kappa shape index (κ3) is 4.49. The monoisotopic (exact) mass is 447 g/mol. The number of nitrogens with zero attached hydrogens (tertiary/aromatic N) is 2. The highest BCUT2D eigenvalue weighted by atomic mass is 32.2. The minimum Gasteiger partial charge on any atom is -0.351 e. The predicted octanol–water partition coefficient (Wildman–Crippen LogP) is 3.31. The van der Waals surface area contributed by atoms with Gasteiger partial charge in [-0.05, 0) is 50.0 Å². The summed E-state index contributed by atoms with van der Waals surface area (Å²) in [5.74, 6) is -0.462. The van der Waals surface area contributed by atoms with Gasteiger partial charge in [0.2, 0.25) is 0 Å². The van der Waals surface area contributed by atoms with Crippen LogP contribution < -0.4 is 10.2 Å². The minimum absolute atomic E-state index is 0.227. The number of carbonyl (C=O) groups excluding carboxylic acids is 2. The van der Waals surface area contributed by atoms with Gasteiger partial charge in [-0.3, -0.25) is 9.59 Å². The molecule has 0 saturated heterocycles. The summed E-state index contributed by atoms with van der Waals surface area (Å²) in [6.45, 7) is 1.53. The Balaban J connectivity index is 1.77. The Morgan fingerprint density at radius 1 is 0.969 bits per heavy atom. The van der Waals surface area contributed by atoms with Gasteiger partial charge in [0.05, 0.1) is 38.4 Å². The van der Waals surface area contributed by atoms with Gasteiger partial charge in [0.15, 0.2) is 0 Å². The van der Waals surface area contributed by atoms with E-state index in [9.17, 15) is 13.8 Å². The van der Waals surface area contributed by atoms with Crippen molar-refractivity contribution < 1.29 is 13.8 Å². The van der Waals surface area contributed by atoms with Crippen LogP contribution >= 0.6 is 0 Å².